The molecule has 0 aliphatic carbocycles. The van der Waals surface area contributed by atoms with Crippen molar-refractivity contribution in [1.29, 1.82) is 0 Å². The minimum Gasteiger partial charge on any atom is -0.252 e. The Morgan fingerprint density at radius 2 is 1.02 bits per heavy atom. The first-order valence-electron chi connectivity index (χ1n) is 17.3. The molecule has 0 aromatic heterocycles. The van der Waals surface area contributed by atoms with Crippen LogP contribution >= 0.6 is 0 Å². The second-order valence-corrected chi connectivity index (χ2v) is 11.7. The topological polar surface area (TPSA) is 58.9 Å². The molecule has 2 N–H and O–H groups in total. The first-order valence-corrected chi connectivity index (χ1v) is 17.3. The van der Waals surface area contributed by atoms with E-state index in [0.29, 0.717) is 19.1 Å². The molecule has 0 bridgehead atoms. The Bertz CT molecular complexity index is 569. The summed E-state index contributed by atoms with van der Waals surface area (Å²) in [7, 11) is 0. The van der Waals surface area contributed by atoms with E-state index in [2.05, 4.69) is 54.0 Å². The maximum absolute atomic E-state index is 8.50. The SMILES string of the molecule is CCCCCC=CCC=C(CCCCCCCCOO)C(CCC=CCCCCC)CCCCCCCCOO. The van der Waals surface area contributed by atoms with Crippen molar-refractivity contribution < 1.29 is 20.3 Å². The molecule has 0 radical (unpaired) electrons. The highest BCUT2D eigenvalue weighted by Crippen LogP contribution is 2.29. The Kier molecular flexibility index (Phi) is 33.5. The highest BCUT2D eigenvalue weighted by Gasteiger charge is 2.13. The molecule has 0 aromatic rings. The van der Waals surface area contributed by atoms with Crippen molar-refractivity contribution in [3.8, 4) is 0 Å². The Balaban J connectivity index is 4.98. The average molecular weight is 565 g/mol. The van der Waals surface area contributed by atoms with Gasteiger partial charge >= 0.3 is 0 Å². The lowest BCUT2D eigenvalue weighted by molar-refractivity contribution is -0.242. The Morgan fingerprint density at radius 3 is 1.60 bits per heavy atom. The van der Waals surface area contributed by atoms with E-state index >= 15 is 0 Å². The summed E-state index contributed by atoms with van der Waals surface area (Å²) >= 11 is 0. The number of allylic oxidation sites excluding steroid dienone is 6. The van der Waals surface area contributed by atoms with Crippen LogP contribution in [0.25, 0.3) is 0 Å². The van der Waals surface area contributed by atoms with Crippen LogP contribution in [0.3, 0.4) is 0 Å². The summed E-state index contributed by atoms with van der Waals surface area (Å²) in [5.74, 6) is 0.707. The molecule has 0 aromatic carbocycles. The van der Waals surface area contributed by atoms with E-state index in [1.54, 1.807) is 5.57 Å². The van der Waals surface area contributed by atoms with Gasteiger partial charge in [-0.15, -0.1) is 0 Å². The molecular formula is C36H68O4. The smallest absolute Gasteiger partial charge is 0.0819 e. The van der Waals surface area contributed by atoms with Gasteiger partial charge in [-0.05, 0) is 83.0 Å². The minimum absolute atomic E-state index is 0.463. The van der Waals surface area contributed by atoms with Gasteiger partial charge in [-0.25, -0.2) is 9.78 Å². The van der Waals surface area contributed by atoms with Crippen LogP contribution in [0.1, 0.15) is 174 Å². The van der Waals surface area contributed by atoms with E-state index in [0.717, 1.165) is 32.1 Å². The van der Waals surface area contributed by atoms with E-state index in [1.165, 1.54) is 128 Å². The predicted octanol–water partition coefficient (Wildman–Crippen LogP) is 12.4. The van der Waals surface area contributed by atoms with Gasteiger partial charge in [0.1, 0.15) is 0 Å². The monoisotopic (exact) mass is 565 g/mol. The third kappa shape index (κ3) is 28.6. The van der Waals surface area contributed by atoms with Gasteiger partial charge in [-0.3, -0.25) is 10.5 Å². The van der Waals surface area contributed by atoms with Crippen molar-refractivity contribution in [2.45, 2.75) is 174 Å². The van der Waals surface area contributed by atoms with Gasteiger partial charge in [-0.1, -0.05) is 133 Å². The Hall–Kier alpha value is -0.940. The van der Waals surface area contributed by atoms with E-state index in [-0.39, 0.29) is 0 Å². The van der Waals surface area contributed by atoms with E-state index in [9.17, 15) is 0 Å². The van der Waals surface area contributed by atoms with Crippen LogP contribution in [-0.2, 0) is 9.78 Å². The van der Waals surface area contributed by atoms with Gasteiger partial charge in [0.05, 0.1) is 13.2 Å². The molecule has 1 unspecified atom stereocenters. The third-order valence-electron chi connectivity index (χ3n) is 7.99. The molecule has 0 saturated carbocycles. The lowest BCUT2D eigenvalue weighted by atomic mass is 9.85. The van der Waals surface area contributed by atoms with Crippen LogP contribution in [0.5, 0.6) is 0 Å². The van der Waals surface area contributed by atoms with E-state index in [1.807, 2.05) is 0 Å². The molecule has 0 spiro atoms. The first kappa shape index (κ1) is 39.1. The van der Waals surface area contributed by atoms with Gasteiger partial charge in [0, 0.05) is 0 Å². The second kappa shape index (κ2) is 34.3. The molecule has 40 heavy (non-hydrogen) atoms. The van der Waals surface area contributed by atoms with Crippen molar-refractivity contribution in [2.75, 3.05) is 13.2 Å². The number of hydrogen-bond acceptors (Lipinski definition) is 4. The zero-order valence-electron chi connectivity index (χ0n) is 26.8. The standard InChI is InChI=1S/C36H68O4/c1-3-5-7-9-11-17-23-29-35(31-25-19-13-15-21-27-33-39-37)36(30-24-18-12-10-8-6-4-2)32-26-20-14-16-22-28-34-40-38/h11-12,17-18,29,36-38H,3-10,13-16,19-28,30-34H2,1-2H3. The molecule has 0 fully saturated rings. The Morgan fingerprint density at radius 1 is 0.525 bits per heavy atom. The van der Waals surface area contributed by atoms with Gasteiger partial charge < -0.3 is 0 Å². The molecule has 0 rings (SSSR count). The van der Waals surface area contributed by atoms with Crippen LogP contribution in [0, 0.1) is 5.92 Å². The lowest BCUT2D eigenvalue weighted by Crippen LogP contribution is -2.06. The van der Waals surface area contributed by atoms with Crippen LogP contribution in [0.4, 0.5) is 0 Å². The summed E-state index contributed by atoms with van der Waals surface area (Å²) in [6, 6.07) is 0. The van der Waals surface area contributed by atoms with Crippen molar-refractivity contribution in [2.24, 2.45) is 5.92 Å². The molecule has 4 heteroatoms. The summed E-state index contributed by atoms with van der Waals surface area (Å²) in [6.45, 7) is 5.48. The number of unbranched alkanes of at least 4 members (excludes halogenated alkanes) is 16. The van der Waals surface area contributed by atoms with Gasteiger partial charge in [0.2, 0.25) is 0 Å². The minimum atomic E-state index is 0.463. The van der Waals surface area contributed by atoms with Gasteiger partial charge in [0.15, 0.2) is 0 Å². The van der Waals surface area contributed by atoms with Crippen LogP contribution in [0.2, 0.25) is 0 Å². The predicted molar refractivity (Wildman–Crippen MR) is 174 cm³/mol. The Labute approximate surface area is 249 Å². The maximum atomic E-state index is 8.50. The fraction of sp³-hybridized carbons (Fsp3) is 0.833. The normalized spacial score (nSPS) is 13.2. The van der Waals surface area contributed by atoms with Gasteiger partial charge in [-0.2, -0.15) is 0 Å². The third-order valence-corrected chi connectivity index (χ3v) is 7.99. The average Bonchev–Trinajstić information content (AvgIpc) is 2.96. The molecule has 0 saturated heterocycles. The fourth-order valence-corrected chi connectivity index (χ4v) is 5.45. The van der Waals surface area contributed by atoms with Crippen molar-refractivity contribution in [3.05, 3.63) is 36.0 Å². The number of rotatable bonds is 32. The summed E-state index contributed by atoms with van der Waals surface area (Å²) in [5, 5.41) is 17.0. The molecule has 0 amide bonds. The van der Waals surface area contributed by atoms with E-state index < -0.39 is 0 Å². The van der Waals surface area contributed by atoms with Gasteiger partial charge in [0.25, 0.3) is 0 Å². The number of hydrogen-bond donors (Lipinski definition) is 2. The molecule has 0 heterocycles. The quantitative estimate of drug-likeness (QED) is 0.0369. The van der Waals surface area contributed by atoms with Crippen molar-refractivity contribution in [3.63, 3.8) is 0 Å². The molecule has 1 atom stereocenters. The molecule has 0 aliphatic heterocycles. The maximum Gasteiger partial charge on any atom is 0.0819 e. The van der Waals surface area contributed by atoms with Crippen LogP contribution in [-0.4, -0.2) is 23.7 Å². The van der Waals surface area contributed by atoms with Crippen LogP contribution < -0.4 is 0 Å². The molecule has 0 aliphatic rings. The van der Waals surface area contributed by atoms with E-state index in [4.69, 9.17) is 10.5 Å². The lowest BCUT2D eigenvalue weighted by Gasteiger charge is -2.21. The second-order valence-electron chi connectivity index (χ2n) is 11.7. The van der Waals surface area contributed by atoms with Crippen molar-refractivity contribution in [1.82, 2.24) is 0 Å². The molecular weight excluding hydrogens is 496 g/mol. The van der Waals surface area contributed by atoms with Crippen molar-refractivity contribution >= 4 is 0 Å². The largest absolute Gasteiger partial charge is 0.252 e. The zero-order valence-corrected chi connectivity index (χ0v) is 26.8. The van der Waals surface area contributed by atoms with Crippen LogP contribution in [0.15, 0.2) is 36.0 Å². The summed E-state index contributed by atoms with van der Waals surface area (Å²) < 4.78 is 0. The highest BCUT2D eigenvalue weighted by molar-refractivity contribution is 5.10. The summed E-state index contributed by atoms with van der Waals surface area (Å²) in [4.78, 5) is 8.41. The summed E-state index contributed by atoms with van der Waals surface area (Å²) in [5.41, 5.74) is 1.71. The first-order chi connectivity index (χ1) is 19.8. The molecule has 236 valence electrons. The zero-order chi connectivity index (χ0) is 29.2. The highest BCUT2D eigenvalue weighted by atomic mass is 17.1. The summed E-state index contributed by atoms with van der Waals surface area (Å²) in [6.07, 6.45) is 43.2. The molecule has 4 nitrogen and oxygen atoms in total. The fourth-order valence-electron chi connectivity index (χ4n) is 5.45.